The summed E-state index contributed by atoms with van der Waals surface area (Å²) in [4.78, 5) is 2.48. The molecular weight excluding hydrogens is 867 g/mol. The van der Waals surface area contributed by atoms with Crippen LogP contribution in [0, 0.1) is 0 Å². The van der Waals surface area contributed by atoms with Gasteiger partial charge >= 0.3 is 0 Å². The van der Waals surface area contributed by atoms with Crippen LogP contribution in [0.3, 0.4) is 0 Å². The molecule has 0 heterocycles. The molecule has 3 aliphatic rings. The highest BCUT2D eigenvalue weighted by Gasteiger charge is 2.53. The minimum absolute atomic E-state index is 0.151. The van der Waals surface area contributed by atoms with E-state index in [0.717, 1.165) is 17.1 Å². The van der Waals surface area contributed by atoms with Gasteiger partial charge in [-0.2, -0.15) is 0 Å². The van der Waals surface area contributed by atoms with Gasteiger partial charge in [0.15, 0.2) is 0 Å². The second kappa shape index (κ2) is 16.1. The Kier molecular flexibility index (Phi) is 9.44. The van der Waals surface area contributed by atoms with Crippen molar-refractivity contribution in [3.63, 3.8) is 0 Å². The molecule has 1 heteroatoms. The summed E-state index contributed by atoms with van der Waals surface area (Å²) in [5.41, 5.74) is 25.0. The van der Waals surface area contributed by atoms with Crippen molar-refractivity contribution in [1.29, 1.82) is 0 Å². The van der Waals surface area contributed by atoms with E-state index in [1.807, 2.05) is 0 Å². The molecule has 0 saturated carbocycles. The standard InChI is InChI=1S/C71H51N/c1-69(2)60-39-23-21-37-56(60)57-43-41-55(46-63(57)69)72(53-35-19-8-20-36-53)54-42-44-62-59(45-54)68-65(71(62,51-31-15-6-16-32-51)52-33-17-7-18-34-52)47-64-67(66(68)48-25-9-3-10-26-48)58-38-22-24-40-61(58)70(64,49-27-11-4-12-28-49)50-29-13-5-14-30-50/h3-47H,1-2H3. The highest BCUT2D eigenvalue weighted by Crippen LogP contribution is 2.66. The van der Waals surface area contributed by atoms with E-state index < -0.39 is 10.8 Å². The molecule has 0 fully saturated rings. The van der Waals surface area contributed by atoms with Gasteiger partial charge in [0.2, 0.25) is 0 Å². The lowest BCUT2D eigenvalue weighted by Gasteiger charge is -2.37. The van der Waals surface area contributed by atoms with Gasteiger partial charge in [-0.3, -0.25) is 0 Å². The summed E-state index contributed by atoms with van der Waals surface area (Å²) in [5, 5.41) is 0. The second-order valence-corrected chi connectivity index (χ2v) is 20.3. The third-order valence-corrected chi connectivity index (χ3v) is 16.4. The topological polar surface area (TPSA) is 3.24 Å². The van der Waals surface area contributed by atoms with Crippen molar-refractivity contribution in [1.82, 2.24) is 0 Å². The molecule has 340 valence electrons. The number of fused-ring (bicyclic) bond motifs is 9. The summed E-state index contributed by atoms with van der Waals surface area (Å²) in [7, 11) is 0. The Morgan fingerprint density at radius 1 is 0.250 bits per heavy atom. The molecule has 0 aliphatic heterocycles. The first-order valence-electron chi connectivity index (χ1n) is 25.3. The maximum atomic E-state index is 2.64. The number of rotatable bonds is 8. The Balaban J connectivity index is 1.13. The zero-order chi connectivity index (χ0) is 48.0. The van der Waals surface area contributed by atoms with Crippen LogP contribution >= 0.6 is 0 Å². The molecule has 0 spiro atoms. The van der Waals surface area contributed by atoms with Crippen LogP contribution in [0.2, 0.25) is 0 Å². The van der Waals surface area contributed by atoms with E-state index in [1.165, 1.54) is 100 Å². The van der Waals surface area contributed by atoms with Crippen molar-refractivity contribution >= 4 is 17.1 Å². The summed E-state index contributed by atoms with van der Waals surface area (Å²) in [6, 6.07) is 103. The molecule has 0 saturated heterocycles. The quantitative estimate of drug-likeness (QED) is 0.147. The predicted molar refractivity (Wildman–Crippen MR) is 299 cm³/mol. The van der Waals surface area contributed by atoms with Crippen LogP contribution in [0.25, 0.3) is 44.5 Å². The lowest BCUT2D eigenvalue weighted by Crippen LogP contribution is -2.31. The maximum absolute atomic E-state index is 2.64. The first-order valence-corrected chi connectivity index (χ1v) is 25.3. The van der Waals surface area contributed by atoms with Gasteiger partial charge in [-0.25, -0.2) is 0 Å². The maximum Gasteiger partial charge on any atom is 0.0713 e. The fourth-order valence-electron chi connectivity index (χ4n) is 13.4. The van der Waals surface area contributed by atoms with E-state index in [-0.39, 0.29) is 5.41 Å². The summed E-state index contributed by atoms with van der Waals surface area (Å²) in [6.45, 7) is 4.75. The number of benzene rings is 11. The molecular formula is C71H51N. The van der Waals surface area contributed by atoms with E-state index >= 15 is 0 Å². The van der Waals surface area contributed by atoms with Crippen molar-refractivity contribution in [2.75, 3.05) is 4.90 Å². The van der Waals surface area contributed by atoms with Gasteiger partial charge in [0, 0.05) is 22.5 Å². The largest absolute Gasteiger partial charge is 0.310 e. The number of hydrogen-bond donors (Lipinski definition) is 0. The molecule has 0 N–H and O–H groups in total. The predicted octanol–water partition coefficient (Wildman–Crippen LogP) is 17.9. The highest BCUT2D eigenvalue weighted by atomic mass is 15.1. The Morgan fingerprint density at radius 3 is 1.21 bits per heavy atom. The molecule has 14 rings (SSSR count). The number of anilines is 3. The van der Waals surface area contributed by atoms with Gasteiger partial charge in [-0.15, -0.1) is 0 Å². The number of hydrogen-bond acceptors (Lipinski definition) is 1. The van der Waals surface area contributed by atoms with Crippen LogP contribution in [-0.2, 0) is 16.2 Å². The molecule has 11 aromatic rings. The van der Waals surface area contributed by atoms with Crippen molar-refractivity contribution in [3.8, 4) is 44.5 Å². The third kappa shape index (κ3) is 5.83. The smallest absolute Gasteiger partial charge is 0.0713 e. The zero-order valence-electron chi connectivity index (χ0n) is 40.4. The first kappa shape index (κ1) is 42.1. The number of nitrogens with zero attached hydrogens (tertiary/aromatic N) is 1. The Hall–Kier alpha value is -8.78. The van der Waals surface area contributed by atoms with Crippen LogP contribution in [0.4, 0.5) is 17.1 Å². The van der Waals surface area contributed by atoms with Gasteiger partial charge in [-0.05, 0) is 137 Å². The average molecular weight is 918 g/mol. The van der Waals surface area contributed by atoms with Gasteiger partial charge in [0.05, 0.1) is 10.8 Å². The molecule has 1 nitrogen and oxygen atoms in total. The second-order valence-electron chi connectivity index (χ2n) is 20.3. The van der Waals surface area contributed by atoms with Crippen LogP contribution in [0.1, 0.15) is 69.5 Å². The van der Waals surface area contributed by atoms with Crippen LogP contribution in [-0.4, -0.2) is 0 Å². The van der Waals surface area contributed by atoms with Crippen molar-refractivity contribution < 1.29 is 0 Å². The molecule has 0 radical (unpaired) electrons. The Labute approximate surface area is 423 Å². The molecule has 0 amide bonds. The first-order chi connectivity index (χ1) is 35.5. The third-order valence-electron chi connectivity index (χ3n) is 16.4. The van der Waals surface area contributed by atoms with E-state index in [4.69, 9.17) is 0 Å². The van der Waals surface area contributed by atoms with Gasteiger partial charge in [0.25, 0.3) is 0 Å². The lowest BCUT2D eigenvalue weighted by molar-refractivity contribution is 0.660. The molecule has 3 aliphatic carbocycles. The normalized spacial score (nSPS) is 14.6. The number of para-hydroxylation sites is 1. The molecule has 0 aromatic heterocycles. The van der Waals surface area contributed by atoms with Crippen molar-refractivity contribution in [2.45, 2.75) is 30.1 Å². The fourth-order valence-corrected chi connectivity index (χ4v) is 13.4. The summed E-state index contributed by atoms with van der Waals surface area (Å²) >= 11 is 0. The molecule has 72 heavy (non-hydrogen) atoms. The van der Waals surface area contributed by atoms with E-state index in [1.54, 1.807) is 0 Å². The molecule has 11 aromatic carbocycles. The summed E-state index contributed by atoms with van der Waals surface area (Å²) in [6.07, 6.45) is 0. The SMILES string of the molecule is CC1(C)c2ccccc2-c2ccc(N(c3ccccc3)c3ccc4c(c3)-c3c(cc5c(c3-c3ccccc3)-c3ccccc3C5(c3ccccc3)c3ccccc3)C4(c3ccccc3)c3ccccc3)cc21. The van der Waals surface area contributed by atoms with Crippen LogP contribution in [0.15, 0.2) is 273 Å². The van der Waals surface area contributed by atoms with Crippen molar-refractivity contribution in [2.24, 2.45) is 0 Å². The summed E-state index contributed by atoms with van der Waals surface area (Å²) < 4.78 is 0. The minimum Gasteiger partial charge on any atom is -0.310 e. The van der Waals surface area contributed by atoms with Gasteiger partial charge in [-0.1, -0.05) is 250 Å². The fraction of sp³-hybridized carbons (Fsp3) is 0.0704. The average Bonchev–Trinajstić information content (AvgIpc) is 4.00. The monoisotopic (exact) mass is 917 g/mol. The van der Waals surface area contributed by atoms with E-state index in [9.17, 15) is 0 Å². The molecule has 0 atom stereocenters. The summed E-state index contributed by atoms with van der Waals surface area (Å²) in [5.74, 6) is 0. The minimum atomic E-state index is -0.681. The van der Waals surface area contributed by atoms with Gasteiger partial charge in [0.1, 0.15) is 0 Å². The van der Waals surface area contributed by atoms with E-state index in [2.05, 4.69) is 292 Å². The Morgan fingerprint density at radius 2 is 0.653 bits per heavy atom. The highest BCUT2D eigenvalue weighted by molar-refractivity contribution is 6.07. The lowest BCUT2D eigenvalue weighted by atomic mass is 9.64. The van der Waals surface area contributed by atoms with Crippen LogP contribution in [0.5, 0.6) is 0 Å². The zero-order valence-corrected chi connectivity index (χ0v) is 40.4. The van der Waals surface area contributed by atoms with E-state index in [0.29, 0.717) is 0 Å². The Bertz CT molecular complexity index is 3780. The van der Waals surface area contributed by atoms with Crippen LogP contribution < -0.4 is 4.90 Å². The molecule has 0 unspecified atom stereocenters. The van der Waals surface area contributed by atoms with Gasteiger partial charge < -0.3 is 4.90 Å². The molecule has 0 bridgehead atoms. The van der Waals surface area contributed by atoms with Crippen molar-refractivity contribution in [3.05, 3.63) is 329 Å².